The van der Waals surface area contributed by atoms with E-state index in [0.29, 0.717) is 18.0 Å². The molecule has 1 heterocycles. The van der Waals surface area contributed by atoms with Crippen molar-refractivity contribution in [1.82, 2.24) is 9.97 Å². The zero-order valence-electron chi connectivity index (χ0n) is 11.7. The summed E-state index contributed by atoms with van der Waals surface area (Å²) in [5.41, 5.74) is 2.13. The molecule has 5 heteroatoms. The van der Waals surface area contributed by atoms with Crippen molar-refractivity contribution < 1.29 is 13.6 Å². The van der Waals surface area contributed by atoms with Crippen molar-refractivity contribution in [3.8, 4) is 0 Å². The van der Waals surface area contributed by atoms with Crippen LogP contribution in [-0.2, 0) is 11.2 Å². The molecule has 2 aromatic rings. The van der Waals surface area contributed by atoms with Gasteiger partial charge >= 0.3 is 0 Å². The minimum absolute atomic E-state index is 0.144. The molecule has 0 aliphatic heterocycles. The fraction of sp³-hybridized carbons (Fsp3) is 0.375. The van der Waals surface area contributed by atoms with Crippen molar-refractivity contribution in [1.29, 1.82) is 0 Å². The summed E-state index contributed by atoms with van der Waals surface area (Å²) in [6, 6.07) is 3.24. The van der Waals surface area contributed by atoms with Gasteiger partial charge < -0.3 is 9.78 Å². The van der Waals surface area contributed by atoms with E-state index in [1.807, 2.05) is 0 Å². The first-order valence-electron chi connectivity index (χ1n) is 7.09. The number of carbonyl (C=O) groups excluding carboxylic acids is 1. The predicted molar refractivity (Wildman–Crippen MR) is 74.2 cm³/mol. The summed E-state index contributed by atoms with van der Waals surface area (Å²) in [6.07, 6.45) is 3.68. The van der Waals surface area contributed by atoms with Crippen molar-refractivity contribution in [3.63, 3.8) is 0 Å². The number of imidazole rings is 1. The molecule has 0 amide bonds. The zero-order valence-corrected chi connectivity index (χ0v) is 11.7. The normalized spacial score (nSPS) is 19.1. The number of aldehydes is 1. The van der Waals surface area contributed by atoms with Crippen LogP contribution in [0.5, 0.6) is 0 Å². The molecule has 0 bridgehead atoms. The first kappa shape index (κ1) is 13.9. The minimum Gasteiger partial charge on any atom is -0.345 e. The molecule has 1 aromatic carbocycles. The molecule has 3 rings (SSSR count). The molecule has 110 valence electrons. The third-order valence-corrected chi connectivity index (χ3v) is 4.09. The Morgan fingerprint density at radius 2 is 2.24 bits per heavy atom. The minimum atomic E-state index is -0.830. The number of carbonyl (C=O) groups is 1. The number of aromatic amines is 1. The number of aromatic nitrogens is 2. The Bertz CT molecular complexity index is 681. The van der Waals surface area contributed by atoms with Crippen molar-refractivity contribution in [2.75, 3.05) is 0 Å². The highest BCUT2D eigenvalue weighted by Crippen LogP contribution is 2.32. The molecule has 0 spiro atoms. The van der Waals surface area contributed by atoms with Crippen LogP contribution < -0.4 is 0 Å². The van der Waals surface area contributed by atoms with E-state index in [0.717, 1.165) is 42.8 Å². The monoisotopic (exact) mass is 290 g/mol. The number of H-pyrrole nitrogens is 1. The highest BCUT2D eigenvalue weighted by atomic mass is 19.1. The Balaban J connectivity index is 2.02. The maximum Gasteiger partial charge on any atom is 0.135 e. The lowest BCUT2D eigenvalue weighted by atomic mass is 9.92. The first-order chi connectivity index (χ1) is 10.1. The van der Waals surface area contributed by atoms with Gasteiger partial charge in [0.1, 0.15) is 29.7 Å². The van der Waals surface area contributed by atoms with Crippen LogP contribution in [-0.4, -0.2) is 16.3 Å². The fourth-order valence-corrected chi connectivity index (χ4v) is 2.95. The molecule has 0 radical (unpaired) electrons. The van der Waals surface area contributed by atoms with E-state index in [1.165, 1.54) is 6.07 Å². The number of hydrogen-bond acceptors (Lipinski definition) is 2. The SMILES string of the molecule is CC1CCCc2[nH]c(C(C=O)c3ccc(F)cc3F)nc21. The average molecular weight is 290 g/mol. The average Bonchev–Trinajstić information content (AvgIpc) is 2.87. The molecule has 0 saturated carbocycles. The van der Waals surface area contributed by atoms with Gasteiger partial charge in [-0.3, -0.25) is 0 Å². The van der Waals surface area contributed by atoms with E-state index in [-0.39, 0.29) is 5.56 Å². The van der Waals surface area contributed by atoms with E-state index in [4.69, 9.17) is 0 Å². The summed E-state index contributed by atoms with van der Waals surface area (Å²) >= 11 is 0. The maximum absolute atomic E-state index is 13.9. The first-order valence-corrected chi connectivity index (χ1v) is 7.09. The Hall–Kier alpha value is -2.04. The molecule has 0 fully saturated rings. The summed E-state index contributed by atoms with van der Waals surface area (Å²) in [4.78, 5) is 19.1. The molecule has 0 saturated heterocycles. The number of benzene rings is 1. The molecule has 3 nitrogen and oxygen atoms in total. The molecule has 1 N–H and O–H groups in total. The topological polar surface area (TPSA) is 45.8 Å². The van der Waals surface area contributed by atoms with Crippen LogP contribution in [0, 0.1) is 11.6 Å². The van der Waals surface area contributed by atoms with Crippen molar-refractivity contribution in [2.45, 2.75) is 38.0 Å². The lowest BCUT2D eigenvalue weighted by Gasteiger charge is -2.15. The van der Waals surface area contributed by atoms with Gasteiger partial charge in [0, 0.05) is 23.2 Å². The molecule has 2 unspecified atom stereocenters. The van der Waals surface area contributed by atoms with Gasteiger partial charge in [0.05, 0.1) is 5.69 Å². The largest absolute Gasteiger partial charge is 0.345 e. The van der Waals surface area contributed by atoms with Gasteiger partial charge in [0.2, 0.25) is 0 Å². The van der Waals surface area contributed by atoms with Gasteiger partial charge in [-0.1, -0.05) is 13.0 Å². The van der Waals surface area contributed by atoms with Crippen LogP contribution in [0.3, 0.4) is 0 Å². The number of nitrogens with zero attached hydrogens (tertiary/aromatic N) is 1. The number of rotatable bonds is 3. The Labute approximate surface area is 121 Å². The zero-order chi connectivity index (χ0) is 15.0. The van der Waals surface area contributed by atoms with Crippen LogP contribution >= 0.6 is 0 Å². The second-order valence-electron chi connectivity index (χ2n) is 5.56. The van der Waals surface area contributed by atoms with Crippen LogP contribution in [0.1, 0.15) is 54.4 Å². The summed E-state index contributed by atoms with van der Waals surface area (Å²) in [5, 5.41) is 0. The molecule has 1 aliphatic carbocycles. The smallest absolute Gasteiger partial charge is 0.135 e. The summed E-state index contributed by atoms with van der Waals surface area (Å²) < 4.78 is 26.9. The molecular weight excluding hydrogens is 274 g/mol. The molecular formula is C16H16F2N2O. The molecule has 21 heavy (non-hydrogen) atoms. The van der Waals surface area contributed by atoms with Gasteiger partial charge in [-0.05, 0) is 25.3 Å². The summed E-state index contributed by atoms with van der Waals surface area (Å²) in [5.74, 6) is -1.44. The van der Waals surface area contributed by atoms with E-state index < -0.39 is 17.6 Å². The third kappa shape index (κ3) is 2.48. The number of nitrogens with one attached hydrogen (secondary N) is 1. The van der Waals surface area contributed by atoms with E-state index in [1.54, 1.807) is 0 Å². The second-order valence-corrected chi connectivity index (χ2v) is 5.56. The Kier molecular flexibility index (Phi) is 3.57. The van der Waals surface area contributed by atoms with E-state index in [2.05, 4.69) is 16.9 Å². The highest BCUT2D eigenvalue weighted by molar-refractivity contribution is 5.66. The Morgan fingerprint density at radius 1 is 1.43 bits per heavy atom. The quantitative estimate of drug-likeness (QED) is 0.880. The van der Waals surface area contributed by atoms with Crippen LogP contribution in [0.25, 0.3) is 0 Å². The lowest BCUT2D eigenvalue weighted by Crippen LogP contribution is -2.08. The van der Waals surface area contributed by atoms with E-state index in [9.17, 15) is 13.6 Å². The Morgan fingerprint density at radius 3 is 2.90 bits per heavy atom. The van der Waals surface area contributed by atoms with Gasteiger partial charge in [-0.15, -0.1) is 0 Å². The third-order valence-electron chi connectivity index (χ3n) is 4.09. The summed E-state index contributed by atoms with van der Waals surface area (Å²) in [6.45, 7) is 2.09. The lowest BCUT2D eigenvalue weighted by molar-refractivity contribution is -0.108. The number of halogens is 2. The van der Waals surface area contributed by atoms with Crippen molar-refractivity contribution in [3.05, 3.63) is 52.6 Å². The van der Waals surface area contributed by atoms with Gasteiger partial charge in [-0.2, -0.15) is 0 Å². The van der Waals surface area contributed by atoms with Crippen LogP contribution in [0.4, 0.5) is 8.78 Å². The molecule has 2 atom stereocenters. The standard InChI is InChI=1S/C16H16F2N2O/c1-9-3-2-4-14-15(9)20-16(19-14)12(8-21)11-6-5-10(17)7-13(11)18/h5-9,12H,2-4H2,1H3,(H,19,20). The highest BCUT2D eigenvalue weighted by Gasteiger charge is 2.26. The molecule has 1 aromatic heterocycles. The summed E-state index contributed by atoms with van der Waals surface area (Å²) in [7, 11) is 0. The molecule has 1 aliphatic rings. The van der Waals surface area contributed by atoms with Crippen molar-refractivity contribution >= 4 is 6.29 Å². The van der Waals surface area contributed by atoms with Crippen LogP contribution in [0.15, 0.2) is 18.2 Å². The predicted octanol–water partition coefficient (Wildman–Crippen LogP) is 3.46. The van der Waals surface area contributed by atoms with Crippen LogP contribution in [0.2, 0.25) is 0 Å². The second kappa shape index (κ2) is 5.39. The maximum atomic E-state index is 13.9. The number of fused-ring (bicyclic) bond motifs is 1. The van der Waals surface area contributed by atoms with Gasteiger partial charge in [-0.25, -0.2) is 13.8 Å². The number of hydrogen-bond donors (Lipinski definition) is 1. The van der Waals surface area contributed by atoms with Gasteiger partial charge in [0.15, 0.2) is 0 Å². The van der Waals surface area contributed by atoms with Crippen molar-refractivity contribution in [2.24, 2.45) is 0 Å². The van der Waals surface area contributed by atoms with Gasteiger partial charge in [0.25, 0.3) is 0 Å². The fourth-order valence-electron chi connectivity index (χ4n) is 2.95. The van der Waals surface area contributed by atoms with E-state index >= 15 is 0 Å². The number of aryl methyl sites for hydroxylation is 1.